The molecular weight excluding hydrogens is 192 g/mol. The lowest BCUT2D eigenvalue weighted by molar-refractivity contribution is -0.142. The molecule has 1 saturated carbocycles. The Morgan fingerprint density at radius 1 is 1.40 bits per heavy atom. The molecule has 0 radical (unpaired) electrons. The van der Waals surface area contributed by atoms with Gasteiger partial charge < -0.3 is 9.84 Å². The number of rotatable bonds is 2. The highest BCUT2D eigenvalue weighted by molar-refractivity contribution is 5.74. The Hall–Kier alpha value is -1.35. The molecule has 1 aliphatic carbocycles. The number of carbonyl (C=O) groups excluding carboxylic acids is 1. The number of benzene rings is 1. The molecule has 2 rings (SSSR count). The van der Waals surface area contributed by atoms with Gasteiger partial charge in [0.15, 0.2) is 0 Å². The van der Waals surface area contributed by atoms with E-state index >= 15 is 0 Å². The van der Waals surface area contributed by atoms with Crippen LogP contribution in [0.1, 0.15) is 18.4 Å². The van der Waals surface area contributed by atoms with Crippen molar-refractivity contribution >= 4 is 5.97 Å². The van der Waals surface area contributed by atoms with Gasteiger partial charge in [0.05, 0.1) is 19.6 Å². The number of carbonyl (C=O) groups is 1. The number of methoxy groups -OCH3 is 1. The summed E-state index contributed by atoms with van der Waals surface area (Å²) in [6, 6.07) is 9.52. The zero-order valence-electron chi connectivity index (χ0n) is 8.85. The Kier molecular flexibility index (Phi) is 4.84. The first-order valence-corrected chi connectivity index (χ1v) is 5.00. The zero-order valence-corrected chi connectivity index (χ0v) is 8.85. The van der Waals surface area contributed by atoms with Gasteiger partial charge in [-0.2, -0.15) is 0 Å². The van der Waals surface area contributed by atoms with E-state index in [2.05, 4.69) is 4.74 Å². The standard InChI is InChI=1S/C7H8O.C5H8O2/c8-6-7-4-2-1-3-5-7;1-7-5(6)4-2-3-4/h1-5,8H,6H2;4H,2-3H2,1H3. The van der Waals surface area contributed by atoms with Gasteiger partial charge in [0, 0.05) is 0 Å². The van der Waals surface area contributed by atoms with Crippen molar-refractivity contribution in [3.05, 3.63) is 35.9 Å². The van der Waals surface area contributed by atoms with Crippen LogP contribution in [0.25, 0.3) is 0 Å². The van der Waals surface area contributed by atoms with Gasteiger partial charge >= 0.3 is 5.97 Å². The number of hydrogen-bond acceptors (Lipinski definition) is 3. The van der Waals surface area contributed by atoms with Crippen molar-refractivity contribution in [1.82, 2.24) is 0 Å². The highest BCUT2D eigenvalue weighted by atomic mass is 16.5. The zero-order chi connectivity index (χ0) is 11.1. The summed E-state index contributed by atoms with van der Waals surface area (Å²) in [7, 11) is 1.43. The van der Waals surface area contributed by atoms with E-state index in [0.717, 1.165) is 18.4 Å². The van der Waals surface area contributed by atoms with E-state index in [4.69, 9.17) is 5.11 Å². The van der Waals surface area contributed by atoms with Crippen LogP contribution < -0.4 is 0 Å². The molecule has 3 nitrogen and oxygen atoms in total. The van der Waals surface area contributed by atoms with Crippen molar-refractivity contribution in [2.24, 2.45) is 5.92 Å². The predicted molar refractivity (Wildman–Crippen MR) is 57.1 cm³/mol. The van der Waals surface area contributed by atoms with E-state index in [1.807, 2.05) is 30.3 Å². The highest BCUT2D eigenvalue weighted by Crippen LogP contribution is 2.29. The van der Waals surface area contributed by atoms with Crippen LogP contribution in [0.15, 0.2) is 30.3 Å². The van der Waals surface area contributed by atoms with E-state index in [1.54, 1.807) is 0 Å². The SMILES string of the molecule is COC(=O)C1CC1.OCc1ccccc1. The van der Waals surface area contributed by atoms with Gasteiger partial charge in [0.2, 0.25) is 0 Å². The fourth-order valence-electron chi connectivity index (χ4n) is 1.07. The maximum atomic E-state index is 10.4. The maximum absolute atomic E-state index is 10.4. The summed E-state index contributed by atoms with van der Waals surface area (Å²) < 4.78 is 4.44. The molecule has 82 valence electrons. The van der Waals surface area contributed by atoms with Gasteiger partial charge in [-0.1, -0.05) is 30.3 Å². The molecule has 0 aliphatic heterocycles. The van der Waals surface area contributed by atoms with Crippen molar-refractivity contribution in [3.8, 4) is 0 Å². The second kappa shape index (κ2) is 6.19. The lowest BCUT2D eigenvalue weighted by Crippen LogP contribution is -2.00. The van der Waals surface area contributed by atoms with E-state index in [0.29, 0.717) is 0 Å². The van der Waals surface area contributed by atoms with Crippen LogP contribution >= 0.6 is 0 Å². The molecular formula is C12H16O3. The smallest absolute Gasteiger partial charge is 0.308 e. The molecule has 0 bridgehead atoms. The number of ether oxygens (including phenoxy) is 1. The Balaban J connectivity index is 0.000000151. The summed E-state index contributed by atoms with van der Waals surface area (Å²) in [4.78, 5) is 10.4. The summed E-state index contributed by atoms with van der Waals surface area (Å²) in [6.45, 7) is 0.140. The van der Waals surface area contributed by atoms with E-state index in [9.17, 15) is 4.79 Å². The lowest BCUT2D eigenvalue weighted by Gasteiger charge is -1.89. The highest BCUT2D eigenvalue weighted by Gasteiger charge is 2.30. The summed E-state index contributed by atoms with van der Waals surface area (Å²) >= 11 is 0. The van der Waals surface area contributed by atoms with Gasteiger partial charge in [0.25, 0.3) is 0 Å². The van der Waals surface area contributed by atoms with Crippen LogP contribution in [-0.4, -0.2) is 18.2 Å². The Bertz CT molecular complexity index is 291. The third kappa shape index (κ3) is 4.61. The maximum Gasteiger partial charge on any atom is 0.308 e. The van der Waals surface area contributed by atoms with Crippen LogP contribution in [0.3, 0.4) is 0 Å². The van der Waals surface area contributed by atoms with Crippen LogP contribution in [0.4, 0.5) is 0 Å². The first-order valence-electron chi connectivity index (χ1n) is 5.00. The molecule has 0 heterocycles. The van der Waals surface area contributed by atoms with Crippen molar-refractivity contribution in [1.29, 1.82) is 0 Å². The molecule has 3 heteroatoms. The summed E-state index contributed by atoms with van der Waals surface area (Å²) in [5.41, 5.74) is 0.965. The average molecular weight is 208 g/mol. The Labute approximate surface area is 89.7 Å². The number of aliphatic hydroxyl groups excluding tert-OH is 1. The van der Waals surface area contributed by atoms with E-state index in [1.165, 1.54) is 7.11 Å². The summed E-state index contributed by atoms with van der Waals surface area (Å²) in [5, 5.41) is 8.54. The molecule has 0 atom stereocenters. The normalized spacial score (nSPS) is 13.7. The molecule has 0 spiro atoms. The van der Waals surface area contributed by atoms with Crippen molar-refractivity contribution in [3.63, 3.8) is 0 Å². The Morgan fingerprint density at radius 3 is 2.27 bits per heavy atom. The average Bonchev–Trinajstić information content (AvgIpc) is 3.14. The minimum Gasteiger partial charge on any atom is -0.469 e. The minimum absolute atomic E-state index is 0.0417. The second-order valence-corrected chi connectivity index (χ2v) is 3.44. The summed E-state index contributed by atoms with van der Waals surface area (Å²) in [6.07, 6.45) is 2.07. The van der Waals surface area contributed by atoms with Gasteiger partial charge in [0.1, 0.15) is 0 Å². The monoisotopic (exact) mass is 208 g/mol. The molecule has 0 aromatic heterocycles. The van der Waals surface area contributed by atoms with Gasteiger partial charge in [-0.25, -0.2) is 0 Å². The predicted octanol–water partition coefficient (Wildman–Crippen LogP) is 1.75. The quantitative estimate of drug-likeness (QED) is 0.753. The van der Waals surface area contributed by atoms with E-state index < -0.39 is 0 Å². The number of hydrogen-bond donors (Lipinski definition) is 1. The molecule has 0 unspecified atom stereocenters. The first-order chi connectivity index (χ1) is 7.27. The molecule has 0 amide bonds. The molecule has 1 fully saturated rings. The van der Waals surface area contributed by atoms with Crippen molar-refractivity contribution < 1.29 is 14.6 Å². The largest absolute Gasteiger partial charge is 0.469 e. The van der Waals surface area contributed by atoms with Gasteiger partial charge in [-0.3, -0.25) is 4.79 Å². The molecule has 1 aromatic rings. The van der Waals surface area contributed by atoms with Crippen LogP contribution in [0, 0.1) is 5.92 Å². The molecule has 0 saturated heterocycles. The van der Waals surface area contributed by atoms with Crippen LogP contribution in [-0.2, 0) is 16.1 Å². The van der Waals surface area contributed by atoms with Crippen molar-refractivity contribution in [2.45, 2.75) is 19.4 Å². The summed E-state index contributed by atoms with van der Waals surface area (Å²) in [5.74, 6) is 0.213. The number of esters is 1. The van der Waals surface area contributed by atoms with Crippen LogP contribution in [0.2, 0.25) is 0 Å². The molecule has 1 N–H and O–H groups in total. The topological polar surface area (TPSA) is 46.5 Å². The first kappa shape index (κ1) is 11.7. The third-order valence-corrected chi connectivity index (χ3v) is 2.14. The fourth-order valence-corrected chi connectivity index (χ4v) is 1.07. The van der Waals surface area contributed by atoms with Crippen LogP contribution in [0.5, 0.6) is 0 Å². The molecule has 15 heavy (non-hydrogen) atoms. The second-order valence-electron chi connectivity index (χ2n) is 3.44. The molecule has 1 aliphatic rings. The van der Waals surface area contributed by atoms with Gasteiger partial charge in [-0.05, 0) is 18.4 Å². The fraction of sp³-hybridized carbons (Fsp3) is 0.417. The van der Waals surface area contributed by atoms with E-state index in [-0.39, 0.29) is 18.5 Å². The lowest BCUT2D eigenvalue weighted by atomic mass is 10.2. The number of aliphatic hydroxyl groups is 1. The third-order valence-electron chi connectivity index (χ3n) is 2.14. The molecule has 1 aromatic carbocycles. The van der Waals surface area contributed by atoms with Gasteiger partial charge in [-0.15, -0.1) is 0 Å². The Morgan fingerprint density at radius 2 is 2.00 bits per heavy atom. The minimum atomic E-state index is -0.0417. The van der Waals surface area contributed by atoms with Crippen molar-refractivity contribution in [2.75, 3.05) is 7.11 Å².